The molecule has 0 fully saturated rings. The standard InChI is InChI=1S/C12H23NO3/c1-6-7-8(2)10(14)13-9(11(15)16)12(3,4)5/h8-9H,6-7H2,1-5H3,(H,13,14)(H,15,16)/t8?,9-/m0/s1. The van der Waals surface area contributed by atoms with Crippen LogP contribution in [0, 0.1) is 11.3 Å². The molecule has 0 heterocycles. The zero-order valence-corrected chi connectivity index (χ0v) is 10.8. The first-order valence-electron chi connectivity index (χ1n) is 5.73. The van der Waals surface area contributed by atoms with Crippen LogP contribution in [-0.2, 0) is 9.59 Å². The number of carboxylic acids is 1. The maximum atomic E-state index is 11.7. The van der Waals surface area contributed by atoms with Gasteiger partial charge in [-0.1, -0.05) is 41.0 Å². The Bertz CT molecular complexity index is 255. The zero-order valence-electron chi connectivity index (χ0n) is 10.8. The lowest BCUT2D eigenvalue weighted by atomic mass is 9.86. The number of hydrogen-bond acceptors (Lipinski definition) is 2. The van der Waals surface area contributed by atoms with Crippen molar-refractivity contribution < 1.29 is 14.7 Å². The minimum atomic E-state index is -0.982. The summed E-state index contributed by atoms with van der Waals surface area (Å²) in [7, 11) is 0. The Kier molecular flexibility index (Phi) is 5.48. The highest BCUT2D eigenvalue weighted by Crippen LogP contribution is 2.20. The molecule has 0 saturated carbocycles. The first-order chi connectivity index (χ1) is 7.20. The van der Waals surface area contributed by atoms with E-state index in [1.165, 1.54) is 0 Å². The lowest BCUT2D eigenvalue weighted by Gasteiger charge is -2.28. The highest BCUT2D eigenvalue weighted by atomic mass is 16.4. The summed E-state index contributed by atoms with van der Waals surface area (Å²) in [5.74, 6) is -1.29. The van der Waals surface area contributed by atoms with Gasteiger partial charge in [-0.25, -0.2) is 4.79 Å². The Balaban J connectivity index is 4.54. The summed E-state index contributed by atoms with van der Waals surface area (Å²) >= 11 is 0. The lowest BCUT2D eigenvalue weighted by Crippen LogP contribution is -2.50. The van der Waals surface area contributed by atoms with Crippen LogP contribution in [0.25, 0.3) is 0 Å². The van der Waals surface area contributed by atoms with Crippen molar-refractivity contribution >= 4 is 11.9 Å². The molecule has 0 aliphatic heterocycles. The molecule has 0 bridgehead atoms. The molecule has 1 unspecified atom stereocenters. The molecule has 0 rings (SSSR count). The largest absolute Gasteiger partial charge is 0.480 e. The molecule has 94 valence electrons. The van der Waals surface area contributed by atoms with Gasteiger partial charge in [-0.15, -0.1) is 0 Å². The minimum absolute atomic E-state index is 0.130. The van der Waals surface area contributed by atoms with Gasteiger partial charge in [0.25, 0.3) is 0 Å². The van der Waals surface area contributed by atoms with Crippen LogP contribution in [0.2, 0.25) is 0 Å². The SMILES string of the molecule is CCCC(C)C(=O)N[C@@H](C(=O)O)C(C)(C)C. The van der Waals surface area contributed by atoms with Crippen LogP contribution in [0.1, 0.15) is 47.5 Å². The van der Waals surface area contributed by atoms with E-state index < -0.39 is 17.4 Å². The van der Waals surface area contributed by atoms with Crippen LogP contribution in [0.15, 0.2) is 0 Å². The Morgan fingerprint density at radius 1 is 1.31 bits per heavy atom. The van der Waals surface area contributed by atoms with Gasteiger partial charge in [0, 0.05) is 5.92 Å². The molecule has 0 radical (unpaired) electrons. The van der Waals surface area contributed by atoms with Crippen molar-refractivity contribution in [2.75, 3.05) is 0 Å². The van der Waals surface area contributed by atoms with Crippen LogP contribution in [0.3, 0.4) is 0 Å². The summed E-state index contributed by atoms with van der Waals surface area (Å²) in [6, 6.07) is -0.834. The number of carboxylic acid groups (broad SMARTS) is 1. The quantitative estimate of drug-likeness (QED) is 0.758. The van der Waals surface area contributed by atoms with E-state index in [0.29, 0.717) is 0 Å². The van der Waals surface area contributed by atoms with Gasteiger partial charge >= 0.3 is 5.97 Å². The first-order valence-corrected chi connectivity index (χ1v) is 5.73. The van der Waals surface area contributed by atoms with Crippen LogP contribution < -0.4 is 5.32 Å². The van der Waals surface area contributed by atoms with Gasteiger partial charge in [0.15, 0.2) is 0 Å². The van der Waals surface area contributed by atoms with Crippen molar-refractivity contribution in [3.8, 4) is 0 Å². The number of rotatable bonds is 5. The fourth-order valence-electron chi connectivity index (χ4n) is 1.50. The molecule has 0 aromatic rings. The van der Waals surface area contributed by atoms with E-state index in [-0.39, 0.29) is 11.8 Å². The topological polar surface area (TPSA) is 66.4 Å². The Labute approximate surface area is 97.4 Å². The van der Waals surface area contributed by atoms with E-state index in [4.69, 9.17) is 5.11 Å². The molecule has 1 amide bonds. The number of aliphatic carboxylic acids is 1. The van der Waals surface area contributed by atoms with Gasteiger partial charge in [-0.2, -0.15) is 0 Å². The maximum Gasteiger partial charge on any atom is 0.326 e. The Morgan fingerprint density at radius 3 is 2.12 bits per heavy atom. The summed E-state index contributed by atoms with van der Waals surface area (Å²) in [4.78, 5) is 22.8. The molecule has 0 aromatic carbocycles. The summed E-state index contributed by atoms with van der Waals surface area (Å²) in [5, 5.41) is 11.7. The normalized spacial score (nSPS) is 15.3. The second-order valence-corrected chi connectivity index (χ2v) is 5.34. The van der Waals surface area contributed by atoms with Gasteiger partial charge in [-0.05, 0) is 11.8 Å². The highest BCUT2D eigenvalue weighted by molar-refractivity contribution is 5.85. The number of amides is 1. The van der Waals surface area contributed by atoms with E-state index in [2.05, 4.69) is 5.32 Å². The van der Waals surface area contributed by atoms with Crippen molar-refractivity contribution in [1.82, 2.24) is 5.32 Å². The highest BCUT2D eigenvalue weighted by Gasteiger charge is 2.33. The van der Waals surface area contributed by atoms with Crippen molar-refractivity contribution in [2.45, 2.75) is 53.5 Å². The monoisotopic (exact) mass is 229 g/mol. The second kappa shape index (κ2) is 5.87. The lowest BCUT2D eigenvalue weighted by molar-refractivity contribution is -0.145. The third-order valence-corrected chi connectivity index (χ3v) is 2.57. The summed E-state index contributed by atoms with van der Waals surface area (Å²) in [6.45, 7) is 9.23. The van der Waals surface area contributed by atoms with Crippen molar-refractivity contribution in [1.29, 1.82) is 0 Å². The first kappa shape index (κ1) is 14.9. The second-order valence-electron chi connectivity index (χ2n) is 5.34. The van der Waals surface area contributed by atoms with Gasteiger partial charge in [0.1, 0.15) is 6.04 Å². The summed E-state index contributed by atoms with van der Waals surface area (Å²) < 4.78 is 0. The van der Waals surface area contributed by atoms with E-state index in [1.54, 1.807) is 20.8 Å². The van der Waals surface area contributed by atoms with Crippen LogP contribution in [0.4, 0.5) is 0 Å². The predicted molar refractivity (Wildman–Crippen MR) is 63.1 cm³/mol. The Hall–Kier alpha value is -1.06. The maximum absolute atomic E-state index is 11.7. The van der Waals surface area contributed by atoms with Gasteiger partial charge in [0.05, 0.1) is 0 Å². The van der Waals surface area contributed by atoms with E-state index in [0.717, 1.165) is 12.8 Å². The van der Waals surface area contributed by atoms with Crippen molar-refractivity contribution in [3.63, 3.8) is 0 Å². The van der Waals surface area contributed by atoms with E-state index in [1.807, 2.05) is 13.8 Å². The molecule has 0 saturated heterocycles. The number of carbonyl (C=O) groups excluding carboxylic acids is 1. The molecule has 0 aliphatic carbocycles. The molecule has 2 N–H and O–H groups in total. The molecule has 0 aliphatic rings. The molecule has 4 heteroatoms. The molecular weight excluding hydrogens is 206 g/mol. The number of nitrogens with one attached hydrogen (secondary N) is 1. The van der Waals surface area contributed by atoms with E-state index in [9.17, 15) is 9.59 Å². The average molecular weight is 229 g/mol. The van der Waals surface area contributed by atoms with Crippen molar-refractivity contribution in [2.24, 2.45) is 11.3 Å². The van der Waals surface area contributed by atoms with Gasteiger partial charge in [0.2, 0.25) is 5.91 Å². The predicted octanol–water partition coefficient (Wildman–Crippen LogP) is 2.04. The number of hydrogen-bond donors (Lipinski definition) is 2. The minimum Gasteiger partial charge on any atom is -0.480 e. The molecular formula is C12H23NO3. The fraction of sp³-hybridized carbons (Fsp3) is 0.833. The Morgan fingerprint density at radius 2 is 1.81 bits per heavy atom. The third-order valence-electron chi connectivity index (χ3n) is 2.57. The van der Waals surface area contributed by atoms with E-state index >= 15 is 0 Å². The molecule has 4 nitrogen and oxygen atoms in total. The fourth-order valence-corrected chi connectivity index (χ4v) is 1.50. The molecule has 0 spiro atoms. The van der Waals surface area contributed by atoms with Crippen LogP contribution in [0.5, 0.6) is 0 Å². The summed E-state index contributed by atoms with van der Waals surface area (Å²) in [6.07, 6.45) is 1.70. The van der Waals surface area contributed by atoms with Crippen LogP contribution in [-0.4, -0.2) is 23.0 Å². The molecule has 2 atom stereocenters. The smallest absolute Gasteiger partial charge is 0.326 e. The van der Waals surface area contributed by atoms with Gasteiger partial charge < -0.3 is 10.4 Å². The van der Waals surface area contributed by atoms with Crippen LogP contribution >= 0.6 is 0 Å². The third kappa shape index (κ3) is 4.64. The van der Waals surface area contributed by atoms with Gasteiger partial charge in [-0.3, -0.25) is 4.79 Å². The van der Waals surface area contributed by atoms with Crippen molar-refractivity contribution in [3.05, 3.63) is 0 Å². The number of carbonyl (C=O) groups is 2. The zero-order chi connectivity index (χ0) is 12.9. The average Bonchev–Trinajstić information content (AvgIpc) is 2.11. The summed E-state index contributed by atoms with van der Waals surface area (Å²) in [5.41, 5.74) is -0.479. The molecule has 16 heavy (non-hydrogen) atoms. The molecule has 0 aromatic heterocycles.